The number of carbonyl (C=O) groups is 1. The van der Waals surface area contributed by atoms with Crippen LogP contribution in [-0.2, 0) is 6.54 Å². The SMILES string of the molecule is O=C(NCCCn1ccc2ccccc21)c1cc(=O)n(-c2ccccc2)[nH]1. The maximum absolute atomic E-state index is 12.3. The van der Waals surface area contributed by atoms with Crippen molar-refractivity contribution >= 4 is 16.8 Å². The van der Waals surface area contributed by atoms with Crippen LogP contribution in [0.2, 0.25) is 0 Å². The van der Waals surface area contributed by atoms with E-state index in [9.17, 15) is 9.59 Å². The van der Waals surface area contributed by atoms with Gasteiger partial charge < -0.3 is 9.88 Å². The standard InChI is InChI=1S/C21H20N4O2/c26-20-15-18(23-25(20)17-8-2-1-3-9-17)21(27)22-12-6-13-24-14-11-16-7-4-5-10-19(16)24/h1-5,7-11,14-15,23H,6,12-13H2,(H,22,27). The number of para-hydroxylation sites is 2. The van der Waals surface area contributed by atoms with Crippen LogP contribution >= 0.6 is 0 Å². The molecule has 1 amide bonds. The van der Waals surface area contributed by atoms with E-state index in [2.05, 4.69) is 39.4 Å². The fraction of sp³-hybridized carbons (Fsp3) is 0.143. The van der Waals surface area contributed by atoms with Crippen molar-refractivity contribution in [3.63, 3.8) is 0 Å². The maximum atomic E-state index is 12.3. The first-order valence-electron chi connectivity index (χ1n) is 8.92. The molecule has 0 radical (unpaired) electrons. The largest absolute Gasteiger partial charge is 0.351 e. The summed E-state index contributed by atoms with van der Waals surface area (Å²) in [6, 6.07) is 20.8. The summed E-state index contributed by atoms with van der Waals surface area (Å²) < 4.78 is 3.54. The molecular weight excluding hydrogens is 340 g/mol. The van der Waals surface area contributed by atoms with E-state index in [1.54, 1.807) is 12.1 Å². The molecule has 2 aromatic carbocycles. The molecule has 27 heavy (non-hydrogen) atoms. The van der Waals surface area contributed by atoms with Gasteiger partial charge in [0.25, 0.3) is 11.5 Å². The van der Waals surface area contributed by atoms with E-state index in [1.807, 2.05) is 30.3 Å². The maximum Gasteiger partial charge on any atom is 0.271 e. The molecule has 2 aromatic heterocycles. The molecule has 0 unspecified atom stereocenters. The Morgan fingerprint density at radius 1 is 1.00 bits per heavy atom. The number of hydrogen-bond acceptors (Lipinski definition) is 2. The highest BCUT2D eigenvalue weighted by atomic mass is 16.2. The van der Waals surface area contributed by atoms with E-state index in [0.717, 1.165) is 13.0 Å². The first-order valence-corrected chi connectivity index (χ1v) is 8.92. The second-order valence-corrected chi connectivity index (χ2v) is 6.36. The van der Waals surface area contributed by atoms with E-state index >= 15 is 0 Å². The minimum atomic E-state index is -0.279. The number of aromatic amines is 1. The van der Waals surface area contributed by atoms with Crippen molar-refractivity contribution in [3.8, 4) is 5.69 Å². The molecule has 0 spiro atoms. The quantitative estimate of drug-likeness (QED) is 0.519. The molecule has 0 atom stereocenters. The third kappa shape index (κ3) is 3.55. The van der Waals surface area contributed by atoms with Gasteiger partial charge in [-0.25, -0.2) is 4.68 Å². The third-order valence-electron chi connectivity index (χ3n) is 4.52. The zero-order valence-corrected chi connectivity index (χ0v) is 14.8. The Hall–Kier alpha value is -3.54. The van der Waals surface area contributed by atoms with Crippen LogP contribution in [0.25, 0.3) is 16.6 Å². The summed E-state index contributed by atoms with van der Waals surface area (Å²) in [5.41, 5.74) is 1.88. The Balaban J connectivity index is 1.35. The Bertz CT molecular complexity index is 1120. The van der Waals surface area contributed by atoms with Crippen LogP contribution in [0.3, 0.4) is 0 Å². The average molecular weight is 360 g/mol. The number of aromatic nitrogens is 3. The van der Waals surface area contributed by atoms with Gasteiger partial charge >= 0.3 is 0 Å². The van der Waals surface area contributed by atoms with Gasteiger partial charge in [0, 0.05) is 30.9 Å². The normalized spacial score (nSPS) is 11.0. The minimum Gasteiger partial charge on any atom is -0.351 e. The summed E-state index contributed by atoms with van der Waals surface area (Å²) in [4.78, 5) is 24.4. The van der Waals surface area contributed by atoms with Gasteiger partial charge in [-0.2, -0.15) is 0 Å². The number of H-pyrrole nitrogens is 1. The second kappa shape index (κ2) is 7.37. The Labute approximate surface area is 156 Å². The van der Waals surface area contributed by atoms with Crippen LogP contribution in [0, 0.1) is 0 Å². The summed E-state index contributed by atoms with van der Waals surface area (Å²) in [5.74, 6) is -0.279. The fourth-order valence-corrected chi connectivity index (χ4v) is 3.16. The molecule has 0 aliphatic carbocycles. The van der Waals surface area contributed by atoms with Gasteiger partial charge in [0.05, 0.1) is 5.69 Å². The molecule has 6 nitrogen and oxygen atoms in total. The molecule has 0 saturated carbocycles. The van der Waals surface area contributed by atoms with Gasteiger partial charge in [0.1, 0.15) is 5.69 Å². The summed E-state index contributed by atoms with van der Waals surface area (Å²) >= 11 is 0. The fourth-order valence-electron chi connectivity index (χ4n) is 3.16. The van der Waals surface area contributed by atoms with E-state index in [1.165, 1.54) is 21.7 Å². The molecule has 136 valence electrons. The lowest BCUT2D eigenvalue weighted by atomic mass is 10.2. The van der Waals surface area contributed by atoms with E-state index in [4.69, 9.17) is 0 Å². The Kier molecular flexibility index (Phi) is 4.61. The van der Waals surface area contributed by atoms with E-state index in [0.29, 0.717) is 12.2 Å². The molecule has 2 N–H and O–H groups in total. The Morgan fingerprint density at radius 2 is 1.78 bits per heavy atom. The number of amides is 1. The number of carbonyl (C=O) groups excluding carboxylic acids is 1. The van der Waals surface area contributed by atoms with Crippen LogP contribution in [0.5, 0.6) is 0 Å². The van der Waals surface area contributed by atoms with Crippen LogP contribution in [0.15, 0.2) is 77.7 Å². The topological polar surface area (TPSA) is 71.8 Å². The molecule has 0 aliphatic heterocycles. The summed E-state index contributed by atoms with van der Waals surface area (Å²) in [6.45, 7) is 1.35. The predicted molar refractivity (Wildman–Crippen MR) is 105 cm³/mol. The summed E-state index contributed by atoms with van der Waals surface area (Å²) in [6.07, 6.45) is 2.86. The van der Waals surface area contributed by atoms with Crippen molar-refractivity contribution < 1.29 is 4.79 Å². The number of nitrogens with zero attached hydrogens (tertiary/aromatic N) is 2. The molecule has 4 aromatic rings. The number of rotatable bonds is 6. The number of benzene rings is 2. The lowest BCUT2D eigenvalue weighted by Crippen LogP contribution is -2.25. The molecule has 0 saturated heterocycles. The molecular formula is C21H20N4O2. The first-order chi connectivity index (χ1) is 13.2. The molecule has 2 heterocycles. The third-order valence-corrected chi connectivity index (χ3v) is 4.52. The number of hydrogen-bond donors (Lipinski definition) is 2. The van der Waals surface area contributed by atoms with Crippen molar-refractivity contribution in [2.75, 3.05) is 6.54 Å². The van der Waals surface area contributed by atoms with Gasteiger partial charge in [0.15, 0.2) is 0 Å². The molecule has 0 bridgehead atoms. The highest BCUT2D eigenvalue weighted by Gasteiger charge is 2.11. The first kappa shape index (κ1) is 16.9. The van der Waals surface area contributed by atoms with Gasteiger partial charge in [-0.15, -0.1) is 0 Å². The Morgan fingerprint density at radius 3 is 2.63 bits per heavy atom. The second-order valence-electron chi connectivity index (χ2n) is 6.36. The lowest BCUT2D eigenvalue weighted by Gasteiger charge is -2.07. The number of aryl methyl sites for hydroxylation is 1. The zero-order chi connectivity index (χ0) is 18.6. The monoisotopic (exact) mass is 360 g/mol. The van der Waals surface area contributed by atoms with Crippen molar-refractivity contribution in [2.45, 2.75) is 13.0 Å². The van der Waals surface area contributed by atoms with Gasteiger partial charge in [-0.3, -0.25) is 14.7 Å². The van der Waals surface area contributed by atoms with Crippen molar-refractivity contribution in [2.24, 2.45) is 0 Å². The molecule has 0 fully saturated rings. The minimum absolute atomic E-state index is 0.259. The smallest absolute Gasteiger partial charge is 0.271 e. The van der Waals surface area contributed by atoms with Crippen LogP contribution in [0.1, 0.15) is 16.9 Å². The van der Waals surface area contributed by atoms with Crippen LogP contribution in [-0.4, -0.2) is 26.8 Å². The molecule has 4 rings (SSSR count). The summed E-state index contributed by atoms with van der Waals surface area (Å²) in [7, 11) is 0. The number of nitrogens with one attached hydrogen (secondary N) is 2. The summed E-state index contributed by atoms with van der Waals surface area (Å²) in [5, 5.41) is 6.94. The van der Waals surface area contributed by atoms with Crippen molar-refractivity contribution in [1.82, 2.24) is 19.7 Å². The van der Waals surface area contributed by atoms with Gasteiger partial charge in [-0.1, -0.05) is 36.4 Å². The van der Waals surface area contributed by atoms with Gasteiger partial charge in [0.2, 0.25) is 0 Å². The zero-order valence-electron chi connectivity index (χ0n) is 14.8. The van der Waals surface area contributed by atoms with Crippen molar-refractivity contribution in [3.05, 3.63) is 89.0 Å². The van der Waals surface area contributed by atoms with Crippen LogP contribution in [0.4, 0.5) is 0 Å². The van der Waals surface area contributed by atoms with Crippen molar-refractivity contribution in [1.29, 1.82) is 0 Å². The lowest BCUT2D eigenvalue weighted by molar-refractivity contribution is 0.0947. The molecule has 6 heteroatoms. The predicted octanol–water partition coefficient (Wildman–Crippen LogP) is 2.94. The number of fused-ring (bicyclic) bond motifs is 1. The van der Waals surface area contributed by atoms with E-state index in [-0.39, 0.29) is 17.2 Å². The van der Waals surface area contributed by atoms with Crippen LogP contribution < -0.4 is 10.9 Å². The van der Waals surface area contributed by atoms with Gasteiger partial charge in [-0.05, 0) is 36.1 Å². The molecule has 0 aliphatic rings. The highest BCUT2D eigenvalue weighted by molar-refractivity contribution is 5.92. The highest BCUT2D eigenvalue weighted by Crippen LogP contribution is 2.15. The average Bonchev–Trinajstić information content (AvgIpc) is 3.29. The van der Waals surface area contributed by atoms with E-state index < -0.39 is 0 Å².